The van der Waals surface area contributed by atoms with Crippen LogP contribution in [0.1, 0.15) is 23.6 Å². The highest BCUT2D eigenvalue weighted by Crippen LogP contribution is 2.36. The maximum atomic E-state index is 13.6. The van der Waals surface area contributed by atoms with Gasteiger partial charge in [0, 0.05) is 10.7 Å². The third-order valence-corrected chi connectivity index (χ3v) is 5.72. The summed E-state index contributed by atoms with van der Waals surface area (Å²) in [4.78, 5) is 28.3. The second kappa shape index (κ2) is 8.89. The van der Waals surface area contributed by atoms with Gasteiger partial charge in [0.1, 0.15) is 11.4 Å². The molecule has 0 bridgehead atoms. The number of rotatable bonds is 6. The van der Waals surface area contributed by atoms with Crippen molar-refractivity contribution in [3.63, 3.8) is 0 Å². The SMILES string of the molecule is CCOc1ccc(NC2=C(c3ccc(Cl)cc3)C(=O)N(c3cccc(C)c3C)C2=O)cc1. The Morgan fingerprint density at radius 2 is 1.59 bits per heavy atom. The van der Waals surface area contributed by atoms with Crippen molar-refractivity contribution in [2.45, 2.75) is 20.8 Å². The fraction of sp³-hybridized carbons (Fsp3) is 0.154. The number of carbonyl (C=O) groups is 2. The molecular formula is C26H23ClN2O3. The van der Waals surface area contributed by atoms with Crippen LogP contribution < -0.4 is 15.0 Å². The molecule has 0 atom stereocenters. The van der Waals surface area contributed by atoms with Crippen LogP contribution >= 0.6 is 11.6 Å². The van der Waals surface area contributed by atoms with Gasteiger partial charge in [-0.1, -0.05) is 35.9 Å². The number of carbonyl (C=O) groups excluding carboxylic acids is 2. The van der Waals surface area contributed by atoms with Gasteiger partial charge < -0.3 is 10.1 Å². The average Bonchev–Trinajstić information content (AvgIpc) is 3.02. The summed E-state index contributed by atoms with van der Waals surface area (Å²) in [5, 5.41) is 3.72. The fourth-order valence-electron chi connectivity index (χ4n) is 3.67. The molecule has 1 N–H and O–H groups in total. The molecule has 3 aromatic carbocycles. The number of imide groups is 1. The third kappa shape index (κ3) is 3.99. The number of benzene rings is 3. The molecule has 0 unspecified atom stereocenters. The van der Waals surface area contributed by atoms with E-state index in [4.69, 9.17) is 16.3 Å². The van der Waals surface area contributed by atoms with Gasteiger partial charge in [-0.2, -0.15) is 0 Å². The van der Waals surface area contributed by atoms with Crippen molar-refractivity contribution >= 4 is 40.4 Å². The maximum absolute atomic E-state index is 13.6. The van der Waals surface area contributed by atoms with Crippen LogP contribution in [0, 0.1) is 13.8 Å². The summed E-state index contributed by atoms with van der Waals surface area (Å²) < 4.78 is 5.49. The van der Waals surface area contributed by atoms with Gasteiger partial charge in [-0.15, -0.1) is 0 Å². The second-order valence-corrected chi connectivity index (χ2v) is 7.94. The number of hydrogen-bond donors (Lipinski definition) is 1. The fourth-order valence-corrected chi connectivity index (χ4v) is 3.80. The van der Waals surface area contributed by atoms with Gasteiger partial charge in [-0.25, -0.2) is 4.90 Å². The summed E-state index contributed by atoms with van der Waals surface area (Å²) in [6.45, 7) is 6.35. The molecule has 4 rings (SSSR count). The lowest BCUT2D eigenvalue weighted by Gasteiger charge is -2.19. The molecule has 0 aromatic heterocycles. The van der Waals surface area contributed by atoms with Gasteiger partial charge >= 0.3 is 0 Å². The average molecular weight is 447 g/mol. The maximum Gasteiger partial charge on any atom is 0.282 e. The van der Waals surface area contributed by atoms with E-state index < -0.39 is 5.91 Å². The first kappa shape index (κ1) is 21.7. The van der Waals surface area contributed by atoms with Gasteiger partial charge in [0.2, 0.25) is 0 Å². The molecule has 0 aliphatic carbocycles. The Balaban J connectivity index is 1.79. The molecule has 32 heavy (non-hydrogen) atoms. The van der Waals surface area contributed by atoms with Gasteiger partial charge in [0.05, 0.1) is 17.9 Å². The summed E-state index contributed by atoms with van der Waals surface area (Å²) in [6, 6.07) is 19.8. The Labute approximate surface area is 192 Å². The normalized spacial score (nSPS) is 13.7. The van der Waals surface area contributed by atoms with E-state index in [0.717, 1.165) is 16.9 Å². The molecular weight excluding hydrogens is 424 g/mol. The molecule has 0 saturated heterocycles. The predicted octanol–water partition coefficient (Wildman–Crippen LogP) is 5.75. The van der Waals surface area contributed by atoms with Crippen LogP contribution in [0.2, 0.25) is 5.02 Å². The number of aryl methyl sites for hydroxylation is 1. The van der Waals surface area contributed by atoms with E-state index in [1.54, 1.807) is 30.3 Å². The van der Waals surface area contributed by atoms with E-state index in [1.165, 1.54) is 4.90 Å². The lowest BCUT2D eigenvalue weighted by molar-refractivity contribution is -0.120. The standard InChI is InChI=1S/C26H23ClN2O3/c1-4-32-21-14-12-20(13-15-21)28-24-23(18-8-10-19(27)11-9-18)25(30)29(26(24)31)22-7-5-6-16(2)17(22)3/h5-15,28H,4H2,1-3H3. The van der Waals surface area contributed by atoms with Crippen LogP contribution in [-0.4, -0.2) is 18.4 Å². The van der Waals surface area contributed by atoms with Crippen LogP contribution in [-0.2, 0) is 9.59 Å². The topological polar surface area (TPSA) is 58.6 Å². The minimum absolute atomic E-state index is 0.224. The van der Waals surface area contributed by atoms with E-state index in [9.17, 15) is 9.59 Å². The number of nitrogens with one attached hydrogen (secondary N) is 1. The zero-order valence-electron chi connectivity index (χ0n) is 18.1. The predicted molar refractivity (Wildman–Crippen MR) is 128 cm³/mol. The van der Waals surface area contributed by atoms with Gasteiger partial charge in [0.25, 0.3) is 11.8 Å². The highest BCUT2D eigenvalue weighted by atomic mass is 35.5. The first-order valence-corrected chi connectivity index (χ1v) is 10.7. The van der Waals surface area contributed by atoms with Crippen molar-refractivity contribution in [2.75, 3.05) is 16.8 Å². The van der Waals surface area contributed by atoms with E-state index >= 15 is 0 Å². The molecule has 0 spiro atoms. The molecule has 1 heterocycles. The highest BCUT2D eigenvalue weighted by Gasteiger charge is 2.40. The number of nitrogens with zero attached hydrogens (tertiary/aromatic N) is 1. The summed E-state index contributed by atoms with van der Waals surface area (Å²) in [7, 11) is 0. The quantitative estimate of drug-likeness (QED) is 0.489. The summed E-state index contributed by atoms with van der Waals surface area (Å²) in [5.41, 5.74) is 4.29. The Morgan fingerprint density at radius 1 is 0.906 bits per heavy atom. The zero-order chi connectivity index (χ0) is 22.8. The minimum Gasteiger partial charge on any atom is -0.494 e. The van der Waals surface area contributed by atoms with Gasteiger partial charge in [-0.05, 0) is 79.9 Å². The van der Waals surface area contributed by atoms with Crippen LogP contribution in [0.4, 0.5) is 11.4 Å². The molecule has 5 nitrogen and oxygen atoms in total. The van der Waals surface area contributed by atoms with Crippen molar-refractivity contribution in [3.05, 3.63) is 94.1 Å². The first-order valence-electron chi connectivity index (χ1n) is 10.4. The van der Waals surface area contributed by atoms with Crippen molar-refractivity contribution in [1.82, 2.24) is 0 Å². The van der Waals surface area contributed by atoms with Crippen LogP contribution in [0.25, 0.3) is 5.57 Å². The molecule has 2 amide bonds. The molecule has 0 fully saturated rings. The Bertz CT molecular complexity index is 1210. The van der Waals surface area contributed by atoms with Crippen LogP contribution in [0.5, 0.6) is 5.75 Å². The van der Waals surface area contributed by atoms with Crippen LogP contribution in [0.3, 0.4) is 0 Å². The zero-order valence-corrected chi connectivity index (χ0v) is 18.9. The Kier molecular flexibility index (Phi) is 6.01. The van der Waals surface area contributed by atoms with Gasteiger partial charge in [0.15, 0.2) is 0 Å². The van der Waals surface area contributed by atoms with E-state index in [2.05, 4.69) is 5.32 Å². The number of ether oxygens (including phenoxy) is 1. The summed E-state index contributed by atoms with van der Waals surface area (Å²) >= 11 is 6.05. The lowest BCUT2D eigenvalue weighted by atomic mass is 10.0. The molecule has 3 aromatic rings. The minimum atomic E-state index is -0.400. The molecule has 162 valence electrons. The van der Waals surface area contributed by atoms with Gasteiger partial charge in [-0.3, -0.25) is 9.59 Å². The monoisotopic (exact) mass is 446 g/mol. The molecule has 0 radical (unpaired) electrons. The Morgan fingerprint density at radius 3 is 2.25 bits per heavy atom. The van der Waals surface area contributed by atoms with Crippen molar-refractivity contribution < 1.29 is 14.3 Å². The van der Waals surface area contributed by atoms with Crippen molar-refractivity contribution in [1.29, 1.82) is 0 Å². The smallest absolute Gasteiger partial charge is 0.282 e. The number of halogens is 1. The number of hydrogen-bond acceptors (Lipinski definition) is 4. The largest absolute Gasteiger partial charge is 0.494 e. The molecule has 1 aliphatic heterocycles. The molecule has 0 saturated carbocycles. The Hall–Kier alpha value is -3.57. The molecule has 1 aliphatic rings. The lowest BCUT2D eigenvalue weighted by Crippen LogP contribution is -2.33. The second-order valence-electron chi connectivity index (χ2n) is 7.50. The highest BCUT2D eigenvalue weighted by molar-refractivity contribution is 6.46. The van der Waals surface area contributed by atoms with E-state index in [1.807, 2.05) is 57.2 Å². The first-order chi connectivity index (χ1) is 15.4. The summed E-state index contributed by atoms with van der Waals surface area (Å²) in [6.07, 6.45) is 0. The van der Waals surface area contributed by atoms with E-state index in [0.29, 0.717) is 34.1 Å². The number of amides is 2. The van der Waals surface area contributed by atoms with Crippen LogP contribution in [0.15, 0.2) is 72.4 Å². The molecule has 6 heteroatoms. The van der Waals surface area contributed by atoms with Crippen molar-refractivity contribution in [3.8, 4) is 5.75 Å². The van der Waals surface area contributed by atoms with Crippen molar-refractivity contribution in [2.24, 2.45) is 0 Å². The summed E-state index contributed by atoms with van der Waals surface area (Å²) in [5.74, 6) is -0.0437. The number of anilines is 2. The van der Waals surface area contributed by atoms with E-state index in [-0.39, 0.29) is 11.6 Å². The third-order valence-electron chi connectivity index (χ3n) is 5.47.